The number of rotatable bonds is 6. The predicted octanol–water partition coefficient (Wildman–Crippen LogP) is 3.92. The van der Waals surface area contributed by atoms with Crippen LogP contribution in [0.5, 0.6) is 0 Å². The molecule has 0 unspecified atom stereocenters. The maximum absolute atomic E-state index is 15.0. The van der Waals surface area contributed by atoms with Crippen molar-refractivity contribution in [3.8, 4) is 11.3 Å². The molecule has 2 aromatic carbocycles. The van der Waals surface area contributed by atoms with Crippen molar-refractivity contribution >= 4 is 21.6 Å². The quantitative estimate of drug-likeness (QED) is 0.440. The molecule has 1 atom stereocenters. The summed E-state index contributed by atoms with van der Waals surface area (Å²) in [7, 11) is -3.66. The average Bonchev–Trinajstić information content (AvgIpc) is 2.84. The molecule has 8 nitrogen and oxygen atoms in total. The molecule has 1 heterocycles. The number of nitrogens with one attached hydrogen (secondary N) is 1. The minimum absolute atomic E-state index is 0.123. The molecule has 1 saturated carbocycles. The molecule has 4 N–H and O–H groups in total. The van der Waals surface area contributed by atoms with Crippen molar-refractivity contribution in [1.29, 1.82) is 0 Å². The number of carbonyl (C=O) groups excluding carboxylic acids is 1. The van der Waals surface area contributed by atoms with E-state index in [0.29, 0.717) is 24.1 Å². The number of aliphatic hydroxyl groups is 1. The largest absolute Gasteiger partial charge is 0.393 e. The summed E-state index contributed by atoms with van der Waals surface area (Å²) in [6, 6.07) is 6.44. The molecule has 0 saturated heterocycles. The van der Waals surface area contributed by atoms with Gasteiger partial charge in [-0.1, -0.05) is 6.07 Å². The number of aromatic nitrogens is 2. The fourth-order valence-electron chi connectivity index (χ4n) is 4.45. The highest BCUT2D eigenvalue weighted by Gasteiger charge is 2.24. The Morgan fingerprint density at radius 3 is 2.49 bits per heavy atom. The molecule has 0 aliphatic heterocycles. The lowest BCUT2D eigenvalue weighted by atomic mass is 9.85. The first-order valence-electron chi connectivity index (χ1n) is 11.8. The van der Waals surface area contributed by atoms with E-state index >= 15 is 4.39 Å². The molecule has 4 rings (SSSR count). The zero-order valence-electron chi connectivity index (χ0n) is 20.4. The number of nitrogens with zero attached hydrogens (tertiary/aromatic N) is 2. The second kappa shape index (κ2) is 10.5. The first-order valence-corrected chi connectivity index (χ1v) is 13.7. The Hall–Kier alpha value is -3.44. The van der Waals surface area contributed by atoms with Crippen LogP contribution in [0, 0.1) is 11.6 Å². The molecule has 1 aliphatic rings. The Labute approximate surface area is 213 Å². The molecule has 1 fully saturated rings. The van der Waals surface area contributed by atoms with Gasteiger partial charge in [0.05, 0.1) is 34.5 Å². The maximum atomic E-state index is 15.0. The van der Waals surface area contributed by atoms with E-state index in [0.717, 1.165) is 43.0 Å². The SMILES string of the molecule is C[C@@H](NC(=O)c1ccc(-c2nc([C@H]3CC[C@@H](O)CC3)cnc2N)cc1F)c1cc(F)cc(S(C)(=O)=O)c1. The fraction of sp³-hybridized carbons (Fsp3) is 0.346. The van der Waals surface area contributed by atoms with Crippen molar-refractivity contribution in [2.75, 3.05) is 12.0 Å². The van der Waals surface area contributed by atoms with Crippen molar-refractivity contribution in [3.05, 3.63) is 71.1 Å². The van der Waals surface area contributed by atoms with Crippen molar-refractivity contribution < 1.29 is 27.1 Å². The maximum Gasteiger partial charge on any atom is 0.254 e. The molecule has 1 aromatic heterocycles. The van der Waals surface area contributed by atoms with E-state index in [-0.39, 0.29) is 33.9 Å². The number of halogens is 2. The summed E-state index contributed by atoms with van der Waals surface area (Å²) >= 11 is 0. The van der Waals surface area contributed by atoms with E-state index in [9.17, 15) is 22.7 Å². The van der Waals surface area contributed by atoms with E-state index in [1.807, 2.05) is 0 Å². The van der Waals surface area contributed by atoms with Gasteiger partial charge in [0.1, 0.15) is 23.1 Å². The predicted molar refractivity (Wildman–Crippen MR) is 134 cm³/mol. The van der Waals surface area contributed by atoms with Gasteiger partial charge in [-0.2, -0.15) is 0 Å². The number of benzene rings is 2. The summed E-state index contributed by atoms with van der Waals surface area (Å²) in [5.74, 6) is -2.09. The number of anilines is 1. The van der Waals surface area contributed by atoms with Crippen LogP contribution in [0.4, 0.5) is 14.6 Å². The van der Waals surface area contributed by atoms with E-state index in [1.54, 1.807) is 6.20 Å². The number of carbonyl (C=O) groups is 1. The van der Waals surface area contributed by atoms with Crippen LogP contribution in [-0.4, -0.2) is 41.8 Å². The van der Waals surface area contributed by atoms with Crippen molar-refractivity contribution in [1.82, 2.24) is 15.3 Å². The van der Waals surface area contributed by atoms with Gasteiger partial charge in [0.25, 0.3) is 5.91 Å². The molecule has 0 radical (unpaired) electrons. The Balaban J connectivity index is 1.54. The summed E-state index contributed by atoms with van der Waals surface area (Å²) in [5.41, 5.74) is 7.36. The fourth-order valence-corrected chi connectivity index (χ4v) is 5.12. The van der Waals surface area contributed by atoms with E-state index in [2.05, 4.69) is 15.3 Å². The minimum Gasteiger partial charge on any atom is -0.393 e. The van der Waals surface area contributed by atoms with Crippen molar-refractivity contribution in [2.24, 2.45) is 0 Å². The first kappa shape index (κ1) is 26.6. The van der Waals surface area contributed by atoms with Crippen LogP contribution >= 0.6 is 0 Å². The molecule has 0 bridgehead atoms. The molecule has 1 amide bonds. The number of hydrogen-bond acceptors (Lipinski definition) is 7. The van der Waals surface area contributed by atoms with E-state index < -0.39 is 33.4 Å². The number of hydrogen-bond donors (Lipinski definition) is 3. The Kier molecular flexibility index (Phi) is 7.56. The van der Waals surface area contributed by atoms with Crippen molar-refractivity contribution in [2.45, 2.75) is 55.6 Å². The normalized spacial score (nSPS) is 18.8. The molecule has 0 spiro atoms. The summed E-state index contributed by atoms with van der Waals surface area (Å²) in [5, 5.41) is 12.3. The lowest BCUT2D eigenvalue weighted by Gasteiger charge is -2.25. The molecular weight excluding hydrogens is 502 g/mol. The molecule has 196 valence electrons. The number of nitrogens with two attached hydrogens (primary N) is 1. The zero-order valence-corrected chi connectivity index (χ0v) is 21.2. The van der Waals surface area contributed by atoms with Gasteiger partial charge in [-0.3, -0.25) is 4.79 Å². The third kappa shape index (κ3) is 6.11. The highest BCUT2D eigenvalue weighted by Crippen LogP contribution is 2.34. The van der Waals surface area contributed by atoms with Crippen LogP contribution in [0.15, 0.2) is 47.5 Å². The third-order valence-electron chi connectivity index (χ3n) is 6.59. The van der Waals surface area contributed by atoms with Crippen LogP contribution < -0.4 is 11.1 Å². The van der Waals surface area contributed by atoms with Gasteiger partial charge < -0.3 is 16.2 Å². The second-order valence-electron chi connectivity index (χ2n) is 9.42. The van der Waals surface area contributed by atoms with Crippen molar-refractivity contribution in [3.63, 3.8) is 0 Å². The zero-order chi connectivity index (χ0) is 26.9. The molecule has 1 aliphatic carbocycles. The standard InChI is InChI=1S/C26H28F2N4O4S/c1-14(17-9-18(27)12-20(10-17)37(2,35)36)31-26(34)21-8-5-16(11-22(21)28)24-25(29)30-13-23(32-24)15-3-6-19(33)7-4-15/h5,8-15,19,33H,3-4,6-7H2,1-2H3,(H2,29,30)(H,31,34)/t14-,15-,19+/m1/s1. The monoisotopic (exact) mass is 530 g/mol. The summed E-state index contributed by atoms with van der Waals surface area (Å²) < 4.78 is 52.6. The Bertz CT molecular complexity index is 1440. The molecule has 11 heteroatoms. The average molecular weight is 531 g/mol. The van der Waals surface area contributed by atoms with Gasteiger partial charge in [0, 0.05) is 17.7 Å². The molecule has 37 heavy (non-hydrogen) atoms. The first-order chi connectivity index (χ1) is 17.4. The van der Waals surface area contributed by atoms with Crippen LogP contribution in [0.1, 0.15) is 66.2 Å². The third-order valence-corrected chi connectivity index (χ3v) is 7.68. The van der Waals surface area contributed by atoms with Gasteiger partial charge in [0.2, 0.25) is 0 Å². The Morgan fingerprint density at radius 1 is 1.14 bits per heavy atom. The highest BCUT2D eigenvalue weighted by molar-refractivity contribution is 7.90. The number of sulfone groups is 1. The highest BCUT2D eigenvalue weighted by atomic mass is 32.2. The van der Waals surface area contributed by atoms with E-state index in [1.165, 1.54) is 25.1 Å². The van der Waals surface area contributed by atoms with Crippen LogP contribution in [0.2, 0.25) is 0 Å². The van der Waals surface area contributed by atoms with Crippen LogP contribution in [0.3, 0.4) is 0 Å². The Morgan fingerprint density at radius 2 is 1.84 bits per heavy atom. The van der Waals surface area contributed by atoms with Crippen LogP contribution in [-0.2, 0) is 9.84 Å². The number of amides is 1. The summed E-state index contributed by atoms with van der Waals surface area (Å²) in [6.45, 7) is 1.54. The smallest absolute Gasteiger partial charge is 0.254 e. The lowest BCUT2D eigenvalue weighted by Crippen LogP contribution is -2.27. The van der Waals surface area contributed by atoms with Gasteiger partial charge in [-0.15, -0.1) is 0 Å². The number of nitrogen functional groups attached to an aromatic ring is 1. The van der Waals surface area contributed by atoms with Gasteiger partial charge in [0.15, 0.2) is 9.84 Å². The van der Waals surface area contributed by atoms with E-state index in [4.69, 9.17) is 5.73 Å². The van der Waals surface area contributed by atoms with Gasteiger partial charge in [-0.25, -0.2) is 27.2 Å². The molecular formula is C26H28F2N4O4S. The lowest BCUT2D eigenvalue weighted by molar-refractivity contribution is 0.0935. The number of aliphatic hydroxyl groups excluding tert-OH is 1. The van der Waals surface area contributed by atoms with Gasteiger partial charge >= 0.3 is 0 Å². The topological polar surface area (TPSA) is 135 Å². The van der Waals surface area contributed by atoms with Gasteiger partial charge in [-0.05, 0) is 68.5 Å². The van der Waals surface area contributed by atoms with Crippen LogP contribution in [0.25, 0.3) is 11.3 Å². The summed E-state index contributed by atoms with van der Waals surface area (Å²) in [6.07, 6.45) is 5.13. The summed E-state index contributed by atoms with van der Waals surface area (Å²) in [4.78, 5) is 21.4. The minimum atomic E-state index is -3.66. The molecule has 3 aromatic rings. The second-order valence-corrected chi connectivity index (χ2v) is 11.4.